The molecule has 3 aromatic rings. The molecule has 3 atom stereocenters. The van der Waals surface area contributed by atoms with Gasteiger partial charge in [-0.15, -0.1) is 0 Å². The molecule has 0 saturated heterocycles. The van der Waals surface area contributed by atoms with Crippen molar-refractivity contribution in [2.24, 2.45) is 5.92 Å². The van der Waals surface area contributed by atoms with Crippen LogP contribution in [-0.4, -0.2) is 38.0 Å². The predicted molar refractivity (Wildman–Crippen MR) is 139 cm³/mol. The molecule has 0 spiro atoms. The van der Waals surface area contributed by atoms with Gasteiger partial charge in [-0.3, -0.25) is 14.2 Å². The van der Waals surface area contributed by atoms with Gasteiger partial charge in [-0.2, -0.15) is 9.78 Å². The first-order valence-electron chi connectivity index (χ1n) is 12.4. The predicted octanol–water partition coefficient (Wildman–Crippen LogP) is 3.52. The molecule has 1 fully saturated rings. The van der Waals surface area contributed by atoms with Crippen molar-refractivity contribution in [3.05, 3.63) is 91.7 Å². The number of aromatic nitrogens is 3. The molecule has 36 heavy (non-hydrogen) atoms. The fourth-order valence-corrected chi connectivity index (χ4v) is 4.89. The van der Waals surface area contributed by atoms with Crippen LogP contribution in [0, 0.1) is 5.92 Å². The van der Waals surface area contributed by atoms with Crippen LogP contribution in [-0.2, 0) is 6.54 Å². The van der Waals surface area contributed by atoms with Gasteiger partial charge < -0.3 is 10.4 Å². The van der Waals surface area contributed by atoms with Gasteiger partial charge in [-0.25, -0.2) is 4.79 Å². The standard InChI is InChI=1S/C27H31ClN4O4/c1-18(19-8-4-2-5-9-19)17-31-25(34)16-30-32(27(31)36)21-12-13-23(28)22(14-21)26(35)29-15-20-10-6-3-7-11-24(20)33/h2,4-5,8-9,12-14,16,18,20,24,33H,3,6-7,10-11,15,17H2,1H3,(H,29,35)/t18-,20-,24-/m1/s1. The van der Waals surface area contributed by atoms with Gasteiger partial charge in [0.15, 0.2) is 0 Å². The molecule has 0 unspecified atom stereocenters. The Balaban J connectivity index is 1.57. The highest BCUT2D eigenvalue weighted by Gasteiger charge is 2.23. The zero-order valence-corrected chi connectivity index (χ0v) is 21.0. The molecule has 9 heteroatoms. The lowest BCUT2D eigenvalue weighted by Crippen LogP contribution is -2.41. The SMILES string of the molecule is C[C@H](Cn1c(=O)cnn(-c2ccc(Cl)c(C(=O)NC[C@H]3CCCCC[C@H]3O)c2)c1=O)c1ccccc1. The van der Waals surface area contributed by atoms with Gasteiger partial charge in [-0.05, 0) is 42.5 Å². The number of nitrogens with one attached hydrogen (secondary N) is 1. The Morgan fingerprint density at radius 2 is 1.89 bits per heavy atom. The second-order valence-corrected chi connectivity index (χ2v) is 9.85. The number of aliphatic hydroxyl groups excluding tert-OH is 1. The van der Waals surface area contributed by atoms with E-state index in [-0.39, 0.29) is 29.0 Å². The monoisotopic (exact) mass is 510 g/mol. The highest BCUT2D eigenvalue weighted by Crippen LogP contribution is 2.24. The van der Waals surface area contributed by atoms with Gasteiger partial charge in [-0.1, -0.05) is 68.1 Å². The zero-order valence-electron chi connectivity index (χ0n) is 20.3. The summed E-state index contributed by atoms with van der Waals surface area (Å²) in [6, 6.07) is 14.2. The van der Waals surface area contributed by atoms with Crippen LogP contribution in [0.3, 0.4) is 0 Å². The van der Waals surface area contributed by atoms with Crippen LogP contribution in [0.15, 0.2) is 64.3 Å². The first kappa shape index (κ1) is 25.9. The zero-order chi connectivity index (χ0) is 25.7. The number of carbonyl (C=O) groups excluding carboxylic acids is 1. The molecular weight excluding hydrogens is 480 g/mol. The molecule has 1 amide bonds. The van der Waals surface area contributed by atoms with Crippen molar-refractivity contribution in [2.45, 2.75) is 57.6 Å². The molecule has 0 bridgehead atoms. The third-order valence-corrected chi connectivity index (χ3v) is 7.20. The van der Waals surface area contributed by atoms with E-state index in [0.29, 0.717) is 12.2 Å². The molecule has 2 N–H and O–H groups in total. The Hall–Kier alpha value is -3.23. The fraction of sp³-hybridized carbons (Fsp3) is 0.407. The van der Waals surface area contributed by atoms with Crippen molar-refractivity contribution < 1.29 is 9.90 Å². The Bertz CT molecular complexity index is 1320. The van der Waals surface area contributed by atoms with E-state index >= 15 is 0 Å². The lowest BCUT2D eigenvalue weighted by Gasteiger charge is -2.21. The van der Waals surface area contributed by atoms with E-state index < -0.39 is 23.3 Å². The van der Waals surface area contributed by atoms with Crippen LogP contribution < -0.4 is 16.6 Å². The maximum atomic E-state index is 13.2. The molecule has 2 aromatic carbocycles. The van der Waals surface area contributed by atoms with Gasteiger partial charge >= 0.3 is 5.69 Å². The van der Waals surface area contributed by atoms with Crippen molar-refractivity contribution in [1.29, 1.82) is 0 Å². The van der Waals surface area contributed by atoms with Crippen molar-refractivity contribution in [3.63, 3.8) is 0 Å². The van der Waals surface area contributed by atoms with Crippen LogP contribution >= 0.6 is 11.6 Å². The van der Waals surface area contributed by atoms with Gasteiger partial charge in [0.05, 0.1) is 22.4 Å². The van der Waals surface area contributed by atoms with E-state index in [1.165, 1.54) is 12.1 Å². The van der Waals surface area contributed by atoms with E-state index in [1.807, 2.05) is 37.3 Å². The van der Waals surface area contributed by atoms with Crippen molar-refractivity contribution in [2.75, 3.05) is 6.54 Å². The molecule has 4 rings (SSSR count). The lowest BCUT2D eigenvalue weighted by molar-refractivity contribution is 0.0854. The number of hydrogen-bond acceptors (Lipinski definition) is 5. The number of halogens is 1. The third-order valence-electron chi connectivity index (χ3n) is 6.87. The minimum absolute atomic E-state index is 0.00199. The summed E-state index contributed by atoms with van der Waals surface area (Å²) in [7, 11) is 0. The van der Waals surface area contributed by atoms with Gasteiger partial charge in [0, 0.05) is 19.0 Å². The summed E-state index contributed by atoms with van der Waals surface area (Å²) < 4.78 is 2.24. The maximum absolute atomic E-state index is 13.2. The number of hydrogen-bond donors (Lipinski definition) is 2. The summed E-state index contributed by atoms with van der Waals surface area (Å²) in [5.74, 6) is -0.464. The van der Waals surface area contributed by atoms with Crippen LogP contribution in [0.1, 0.15) is 60.9 Å². The molecular formula is C27H31ClN4O4. The van der Waals surface area contributed by atoms with Gasteiger partial charge in [0.1, 0.15) is 6.20 Å². The van der Waals surface area contributed by atoms with E-state index in [1.54, 1.807) is 6.07 Å². The first-order chi connectivity index (χ1) is 17.3. The van der Waals surface area contributed by atoms with E-state index in [4.69, 9.17) is 11.6 Å². The normalized spacial score (nSPS) is 18.9. The van der Waals surface area contributed by atoms with Gasteiger partial charge in [0.2, 0.25) is 0 Å². The number of carbonyl (C=O) groups is 1. The number of aliphatic hydroxyl groups is 1. The van der Waals surface area contributed by atoms with Crippen molar-refractivity contribution in [3.8, 4) is 5.69 Å². The average Bonchev–Trinajstić information content (AvgIpc) is 3.09. The topological polar surface area (TPSA) is 106 Å². The highest BCUT2D eigenvalue weighted by molar-refractivity contribution is 6.33. The number of rotatable bonds is 7. The second kappa shape index (κ2) is 11.7. The number of nitrogens with zero attached hydrogens (tertiary/aromatic N) is 3. The van der Waals surface area contributed by atoms with Crippen LogP contribution in [0.4, 0.5) is 0 Å². The van der Waals surface area contributed by atoms with Crippen molar-refractivity contribution in [1.82, 2.24) is 19.7 Å². The van der Waals surface area contributed by atoms with E-state index in [0.717, 1.165) is 53.1 Å². The van der Waals surface area contributed by atoms with Crippen LogP contribution in [0.5, 0.6) is 0 Å². The Morgan fingerprint density at radius 1 is 1.14 bits per heavy atom. The summed E-state index contributed by atoms with van der Waals surface area (Å²) in [6.07, 6.45) is 5.37. The van der Waals surface area contributed by atoms with Crippen molar-refractivity contribution >= 4 is 17.5 Å². The minimum Gasteiger partial charge on any atom is -0.393 e. The summed E-state index contributed by atoms with van der Waals surface area (Å²) in [5.41, 5.74) is 0.441. The quantitative estimate of drug-likeness (QED) is 0.473. The van der Waals surface area contributed by atoms with E-state index in [2.05, 4.69) is 10.4 Å². The summed E-state index contributed by atoms with van der Waals surface area (Å²) in [4.78, 5) is 38.7. The molecule has 1 aliphatic rings. The number of amides is 1. The molecule has 1 aromatic heterocycles. The third kappa shape index (κ3) is 5.94. The molecule has 1 aliphatic carbocycles. The van der Waals surface area contributed by atoms with Crippen LogP contribution in [0.25, 0.3) is 5.69 Å². The number of benzene rings is 2. The molecule has 0 radical (unpaired) electrons. The summed E-state index contributed by atoms with van der Waals surface area (Å²) >= 11 is 6.31. The Morgan fingerprint density at radius 3 is 2.67 bits per heavy atom. The molecule has 1 saturated carbocycles. The molecule has 190 valence electrons. The van der Waals surface area contributed by atoms with E-state index in [9.17, 15) is 19.5 Å². The molecule has 1 heterocycles. The summed E-state index contributed by atoms with van der Waals surface area (Å²) in [6.45, 7) is 2.48. The maximum Gasteiger partial charge on any atom is 0.352 e. The Kier molecular flexibility index (Phi) is 8.38. The molecule has 0 aliphatic heterocycles. The average molecular weight is 511 g/mol. The lowest BCUT2D eigenvalue weighted by atomic mass is 9.97. The van der Waals surface area contributed by atoms with Crippen LogP contribution in [0.2, 0.25) is 5.02 Å². The first-order valence-corrected chi connectivity index (χ1v) is 12.7. The Labute approximate surface area is 214 Å². The largest absolute Gasteiger partial charge is 0.393 e. The molecule has 8 nitrogen and oxygen atoms in total. The van der Waals surface area contributed by atoms with Gasteiger partial charge in [0.25, 0.3) is 11.5 Å². The highest BCUT2D eigenvalue weighted by atomic mass is 35.5. The fourth-order valence-electron chi connectivity index (χ4n) is 4.68. The smallest absolute Gasteiger partial charge is 0.352 e. The second-order valence-electron chi connectivity index (χ2n) is 9.44. The summed E-state index contributed by atoms with van der Waals surface area (Å²) in [5, 5.41) is 17.5. The minimum atomic E-state index is -0.597.